The number of aryl methyl sites for hydroxylation is 1. The summed E-state index contributed by atoms with van der Waals surface area (Å²) in [5.74, 6) is 0.548. The quantitative estimate of drug-likeness (QED) is 0.588. The molecule has 0 aliphatic carbocycles. The standard InChI is InChI=1S/C17H15ClN2OS/c1-11-7-3-4-8-13(11)16-19-20-17(21-16)22-12(2)14-9-5-6-10-15(14)18/h3-10,12H,1-2H3/t12-/m0/s1. The van der Waals surface area contributed by atoms with Gasteiger partial charge in [0.2, 0.25) is 5.89 Å². The van der Waals surface area contributed by atoms with Gasteiger partial charge in [0, 0.05) is 15.8 Å². The summed E-state index contributed by atoms with van der Waals surface area (Å²) in [6, 6.07) is 15.8. The number of thioether (sulfide) groups is 1. The fraction of sp³-hybridized carbons (Fsp3) is 0.176. The van der Waals surface area contributed by atoms with Crippen molar-refractivity contribution in [1.29, 1.82) is 0 Å². The molecule has 0 N–H and O–H groups in total. The van der Waals surface area contributed by atoms with E-state index >= 15 is 0 Å². The summed E-state index contributed by atoms with van der Waals surface area (Å²) in [7, 11) is 0. The highest BCUT2D eigenvalue weighted by atomic mass is 35.5. The number of rotatable bonds is 4. The van der Waals surface area contributed by atoms with E-state index in [4.69, 9.17) is 16.0 Å². The zero-order chi connectivity index (χ0) is 15.5. The van der Waals surface area contributed by atoms with Gasteiger partial charge in [-0.25, -0.2) is 0 Å². The van der Waals surface area contributed by atoms with E-state index in [9.17, 15) is 0 Å². The molecule has 0 fully saturated rings. The van der Waals surface area contributed by atoms with Crippen molar-refractivity contribution in [2.24, 2.45) is 0 Å². The highest BCUT2D eigenvalue weighted by Gasteiger charge is 2.16. The first-order valence-corrected chi connectivity index (χ1v) is 8.21. The second kappa shape index (κ2) is 6.55. The molecule has 3 nitrogen and oxygen atoms in total. The van der Waals surface area contributed by atoms with E-state index in [1.807, 2.05) is 55.5 Å². The summed E-state index contributed by atoms with van der Waals surface area (Å²) in [6.45, 7) is 4.10. The summed E-state index contributed by atoms with van der Waals surface area (Å²) in [5.41, 5.74) is 3.14. The molecular weight excluding hydrogens is 316 g/mol. The Morgan fingerprint density at radius 1 is 1.05 bits per heavy atom. The first kappa shape index (κ1) is 15.1. The molecule has 1 heterocycles. The molecule has 112 valence electrons. The topological polar surface area (TPSA) is 38.9 Å². The zero-order valence-corrected chi connectivity index (χ0v) is 13.9. The lowest BCUT2D eigenvalue weighted by molar-refractivity contribution is 0.465. The smallest absolute Gasteiger partial charge is 0.277 e. The maximum absolute atomic E-state index is 6.23. The fourth-order valence-corrected chi connectivity index (χ4v) is 3.41. The van der Waals surface area contributed by atoms with Crippen LogP contribution in [0.2, 0.25) is 5.02 Å². The Balaban J connectivity index is 1.80. The minimum Gasteiger partial charge on any atom is -0.411 e. The summed E-state index contributed by atoms with van der Waals surface area (Å²) in [4.78, 5) is 0. The van der Waals surface area contributed by atoms with E-state index in [-0.39, 0.29) is 5.25 Å². The molecule has 0 aliphatic heterocycles. The largest absolute Gasteiger partial charge is 0.411 e. The summed E-state index contributed by atoms with van der Waals surface area (Å²) in [6.07, 6.45) is 0. The van der Waals surface area contributed by atoms with Crippen LogP contribution in [0.1, 0.15) is 23.3 Å². The third-order valence-corrected chi connectivity index (χ3v) is 4.72. The molecule has 0 bridgehead atoms. The number of halogens is 1. The van der Waals surface area contributed by atoms with Gasteiger partial charge >= 0.3 is 0 Å². The molecule has 5 heteroatoms. The van der Waals surface area contributed by atoms with E-state index in [1.165, 1.54) is 11.8 Å². The fourth-order valence-electron chi connectivity index (χ4n) is 2.20. The van der Waals surface area contributed by atoms with Gasteiger partial charge in [0.15, 0.2) is 0 Å². The third-order valence-electron chi connectivity index (χ3n) is 3.40. The maximum atomic E-state index is 6.23. The molecule has 22 heavy (non-hydrogen) atoms. The Bertz CT molecular complexity index is 788. The van der Waals surface area contributed by atoms with Gasteiger partial charge in [0.1, 0.15) is 0 Å². The molecule has 1 atom stereocenters. The summed E-state index contributed by atoms with van der Waals surface area (Å²) >= 11 is 7.73. The highest BCUT2D eigenvalue weighted by Crippen LogP contribution is 2.38. The van der Waals surface area contributed by atoms with Crippen LogP contribution in [-0.2, 0) is 0 Å². The Hall–Kier alpha value is -1.78. The Morgan fingerprint density at radius 3 is 2.55 bits per heavy atom. The van der Waals surface area contributed by atoms with Crippen LogP contribution in [0.15, 0.2) is 58.2 Å². The van der Waals surface area contributed by atoms with E-state index < -0.39 is 0 Å². The molecule has 0 aliphatic rings. The van der Waals surface area contributed by atoms with Gasteiger partial charge in [0.25, 0.3) is 5.22 Å². The van der Waals surface area contributed by atoms with Crippen molar-refractivity contribution in [3.05, 3.63) is 64.7 Å². The van der Waals surface area contributed by atoms with Gasteiger partial charge in [-0.3, -0.25) is 0 Å². The van der Waals surface area contributed by atoms with Gasteiger partial charge in [-0.05, 0) is 37.1 Å². The molecular formula is C17H15ClN2OS. The van der Waals surface area contributed by atoms with Crippen molar-refractivity contribution in [3.8, 4) is 11.5 Å². The third kappa shape index (κ3) is 3.18. The Labute approximate surface area is 138 Å². The molecule has 0 amide bonds. The summed E-state index contributed by atoms with van der Waals surface area (Å²) in [5, 5.41) is 9.71. The number of benzene rings is 2. The number of hydrogen-bond acceptors (Lipinski definition) is 4. The van der Waals surface area contributed by atoms with Crippen LogP contribution in [0.4, 0.5) is 0 Å². The van der Waals surface area contributed by atoms with Gasteiger partial charge in [-0.2, -0.15) is 0 Å². The molecule has 0 saturated carbocycles. The predicted octanol–water partition coefficient (Wildman–Crippen LogP) is 5.55. The lowest BCUT2D eigenvalue weighted by Crippen LogP contribution is -1.89. The Morgan fingerprint density at radius 2 is 1.77 bits per heavy atom. The predicted molar refractivity (Wildman–Crippen MR) is 90.2 cm³/mol. The van der Waals surface area contributed by atoms with Crippen molar-refractivity contribution in [2.75, 3.05) is 0 Å². The molecule has 0 spiro atoms. The van der Waals surface area contributed by atoms with Crippen molar-refractivity contribution in [1.82, 2.24) is 10.2 Å². The van der Waals surface area contributed by atoms with Crippen LogP contribution in [0, 0.1) is 6.92 Å². The normalized spacial score (nSPS) is 12.3. The van der Waals surface area contributed by atoms with Crippen molar-refractivity contribution in [2.45, 2.75) is 24.3 Å². The number of hydrogen-bond donors (Lipinski definition) is 0. The Kier molecular flexibility index (Phi) is 4.50. The van der Waals surface area contributed by atoms with E-state index in [1.54, 1.807) is 0 Å². The second-order valence-corrected chi connectivity index (χ2v) is 6.67. The maximum Gasteiger partial charge on any atom is 0.277 e. The molecule has 1 aromatic heterocycles. The molecule has 3 aromatic rings. The SMILES string of the molecule is Cc1ccccc1-c1nnc(S[C@@H](C)c2ccccc2Cl)o1. The molecule has 0 radical (unpaired) electrons. The number of nitrogens with zero attached hydrogens (tertiary/aromatic N) is 2. The van der Waals surface area contributed by atoms with Crippen LogP contribution in [0.5, 0.6) is 0 Å². The average Bonchev–Trinajstić information content (AvgIpc) is 2.96. The first-order chi connectivity index (χ1) is 10.6. The average molecular weight is 331 g/mol. The summed E-state index contributed by atoms with van der Waals surface area (Å²) < 4.78 is 5.78. The van der Waals surface area contributed by atoms with Gasteiger partial charge < -0.3 is 4.42 Å². The van der Waals surface area contributed by atoms with Crippen molar-refractivity contribution < 1.29 is 4.42 Å². The van der Waals surface area contributed by atoms with E-state index in [0.717, 1.165) is 21.7 Å². The van der Waals surface area contributed by atoms with Gasteiger partial charge in [-0.15, -0.1) is 10.2 Å². The second-order valence-electron chi connectivity index (χ2n) is 4.97. The van der Waals surface area contributed by atoms with Crippen LogP contribution in [0.25, 0.3) is 11.5 Å². The highest BCUT2D eigenvalue weighted by molar-refractivity contribution is 7.99. The van der Waals surface area contributed by atoms with Crippen LogP contribution in [0.3, 0.4) is 0 Å². The minimum absolute atomic E-state index is 0.138. The van der Waals surface area contributed by atoms with Gasteiger partial charge in [-0.1, -0.05) is 59.8 Å². The lowest BCUT2D eigenvalue weighted by atomic mass is 10.1. The molecule has 0 unspecified atom stereocenters. The van der Waals surface area contributed by atoms with E-state index in [2.05, 4.69) is 17.1 Å². The van der Waals surface area contributed by atoms with E-state index in [0.29, 0.717) is 11.1 Å². The van der Waals surface area contributed by atoms with Crippen LogP contribution >= 0.6 is 23.4 Å². The van der Waals surface area contributed by atoms with Crippen LogP contribution < -0.4 is 0 Å². The molecule has 3 rings (SSSR count). The van der Waals surface area contributed by atoms with Crippen molar-refractivity contribution in [3.63, 3.8) is 0 Å². The first-order valence-electron chi connectivity index (χ1n) is 6.95. The minimum atomic E-state index is 0.138. The molecule has 2 aromatic carbocycles. The van der Waals surface area contributed by atoms with Crippen molar-refractivity contribution >= 4 is 23.4 Å². The van der Waals surface area contributed by atoms with Gasteiger partial charge in [0.05, 0.1) is 0 Å². The van der Waals surface area contributed by atoms with Crippen LogP contribution in [-0.4, -0.2) is 10.2 Å². The zero-order valence-electron chi connectivity index (χ0n) is 12.3. The molecule has 0 saturated heterocycles. The monoisotopic (exact) mass is 330 g/mol. The lowest BCUT2D eigenvalue weighted by Gasteiger charge is -2.10. The number of aromatic nitrogens is 2.